The van der Waals surface area contributed by atoms with Crippen LogP contribution >= 0.6 is 0 Å². The van der Waals surface area contributed by atoms with Crippen LogP contribution in [0.1, 0.15) is 54.4 Å². The van der Waals surface area contributed by atoms with Gasteiger partial charge in [-0.1, -0.05) is 18.2 Å². The molecule has 4 aliphatic rings. The van der Waals surface area contributed by atoms with Crippen molar-refractivity contribution in [1.82, 2.24) is 5.32 Å². The Morgan fingerprint density at radius 1 is 1.00 bits per heavy atom. The normalized spacial score (nSPS) is 27.1. The lowest BCUT2D eigenvalue weighted by Crippen LogP contribution is -2.64. The van der Waals surface area contributed by atoms with Gasteiger partial charge in [-0.05, 0) is 97.7 Å². The van der Waals surface area contributed by atoms with Crippen molar-refractivity contribution < 1.29 is 46.8 Å². The van der Waals surface area contributed by atoms with Crippen molar-refractivity contribution in [2.45, 2.75) is 63.1 Å². The molecule has 7 nitrogen and oxygen atoms in total. The molecule has 222 valence electrons. The van der Waals surface area contributed by atoms with Crippen LogP contribution in [0.5, 0.6) is 11.5 Å². The highest BCUT2D eigenvalue weighted by Crippen LogP contribution is 2.62. The van der Waals surface area contributed by atoms with Gasteiger partial charge in [0.15, 0.2) is 0 Å². The molecule has 2 unspecified atom stereocenters. The number of carbonyl (C=O) groups excluding carboxylic acids is 1. The van der Waals surface area contributed by atoms with E-state index in [1.807, 2.05) is 0 Å². The van der Waals surface area contributed by atoms with Gasteiger partial charge in [0.05, 0.1) is 11.2 Å². The summed E-state index contributed by atoms with van der Waals surface area (Å²) in [4.78, 5) is 26.3. The first-order valence-electron chi connectivity index (χ1n) is 13.8. The van der Waals surface area contributed by atoms with Crippen molar-refractivity contribution in [2.75, 3.05) is 0 Å². The zero-order valence-corrected chi connectivity index (χ0v) is 22.4. The van der Waals surface area contributed by atoms with E-state index >= 15 is 0 Å². The molecule has 1 amide bonds. The number of amides is 1. The van der Waals surface area contributed by atoms with Crippen molar-refractivity contribution in [1.29, 1.82) is 0 Å². The van der Waals surface area contributed by atoms with Crippen LogP contribution in [0.15, 0.2) is 54.6 Å². The second kappa shape index (κ2) is 10.1. The van der Waals surface area contributed by atoms with E-state index in [0.717, 1.165) is 18.6 Å². The van der Waals surface area contributed by atoms with Gasteiger partial charge in [-0.2, -0.15) is 0 Å². The predicted molar refractivity (Wildman–Crippen MR) is 142 cm³/mol. The standard InChI is InChI=1S/C31H29F4NO6/c32-21-4-8-23-20(10-21)3-7-24(25(23)41-15-17-1-5-22(6-2-17)42-31(33,34)35)27(37)36-26(28(38)39)29-11-18-9-19(12-29)14-30(40,13-18)16-29/h1-8,10,18-19,26,40H,9,11-16H2,(H,36,37)(H,38,39)/t18?,19?,26-,29?,30?/m1/s1. The number of ether oxygens (including phenoxy) is 2. The molecule has 0 aliphatic heterocycles. The van der Waals surface area contributed by atoms with Gasteiger partial charge in [-0.15, -0.1) is 13.2 Å². The summed E-state index contributed by atoms with van der Waals surface area (Å²) in [6, 6.07) is 10.7. The summed E-state index contributed by atoms with van der Waals surface area (Å²) in [5.74, 6) is -2.29. The highest BCUT2D eigenvalue weighted by molar-refractivity contribution is 6.05. The fourth-order valence-corrected chi connectivity index (χ4v) is 7.86. The summed E-state index contributed by atoms with van der Waals surface area (Å²) in [5, 5.41) is 25.0. The Kier molecular flexibility index (Phi) is 6.83. The van der Waals surface area contributed by atoms with Gasteiger partial charge in [0.1, 0.15) is 30.0 Å². The second-order valence-electron chi connectivity index (χ2n) is 12.1. The van der Waals surface area contributed by atoms with E-state index in [-0.39, 0.29) is 29.8 Å². The molecule has 0 saturated heterocycles. The molecule has 11 heteroatoms. The third-order valence-corrected chi connectivity index (χ3v) is 8.93. The van der Waals surface area contributed by atoms with Crippen LogP contribution in [0.4, 0.5) is 17.6 Å². The van der Waals surface area contributed by atoms with Crippen molar-refractivity contribution in [3.05, 3.63) is 71.5 Å². The average molecular weight is 588 g/mol. The first kappa shape index (κ1) is 28.3. The van der Waals surface area contributed by atoms with Crippen LogP contribution in [0.3, 0.4) is 0 Å². The molecule has 4 aliphatic carbocycles. The lowest BCUT2D eigenvalue weighted by atomic mass is 9.46. The molecule has 0 heterocycles. The number of hydrogen-bond donors (Lipinski definition) is 3. The molecule has 3 aromatic rings. The van der Waals surface area contributed by atoms with Crippen LogP contribution in [-0.2, 0) is 11.4 Å². The summed E-state index contributed by atoms with van der Waals surface area (Å²) >= 11 is 0. The smallest absolute Gasteiger partial charge is 0.487 e. The Bertz CT molecular complexity index is 1520. The number of halogens is 4. The van der Waals surface area contributed by atoms with Gasteiger partial charge in [0.25, 0.3) is 5.91 Å². The Labute approximate surface area is 238 Å². The molecule has 3 N–H and O–H groups in total. The molecule has 4 bridgehead atoms. The molecule has 0 spiro atoms. The van der Waals surface area contributed by atoms with Crippen molar-refractivity contribution in [3.8, 4) is 11.5 Å². The SMILES string of the molecule is O=C(N[C@H](C(=O)O)C12CC3CC(CC(O)(C3)C1)C2)c1ccc2cc(F)ccc2c1OCc1ccc(OC(F)(F)F)cc1. The third-order valence-electron chi connectivity index (χ3n) is 8.93. The number of aliphatic carboxylic acids is 1. The topological polar surface area (TPSA) is 105 Å². The van der Waals surface area contributed by atoms with Crippen LogP contribution in [0.25, 0.3) is 10.8 Å². The Balaban J connectivity index is 1.29. The number of fused-ring (bicyclic) bond motifs is 1. The number of carboxylic acid groups (broad SMARTS) is 1. The molecule has 4 fully saturated rings. The van der Waals surface area contributed by atoms with Gasteiger partial charge in [0.2, 0.25) is 0 Å². The van der Waals surface area contributed by atoms with E-state index in [2.05, 4.69) is 10.1 Å². The number of alkyl halides is 3. The second-order valence-corrected chi connectivity index (χ2v) is 12.1. The highest BCUT2D eigenvalue weighted by atomic mass is 19.4. The fraction of sp³-hybridized carbons (Fsp3) is 0.419. The Morgan fingerprint density at radius 3 is 2.31 bits per heavy atom. The molecular formula is C31H29F4NO6. The number of hydrogen-bond acceptors (Lipinski definition) is 5. The van der Waals surface area contributed by atoms with Gasteiger partial charge in [-0.25, -0.2) is 9.18 Å². The quantitative estimate of drug-likeness (QED) is 0.281. The lowest BCUT2D eigenvalue weighted by Gasteiger charge is -2.61. The summed E-state index contributed by atoms with van der Waals surface area (Å²) in [7, 11) is 0. The highest BCUT2D eigenvalue weighted by Gasteiger charge is 2.61. The lowest BCUT2D eigenvalue weighted by molar-refractivity contribution is -0.274. The molecule has 7 rings (SSSR count). The molecule has 3 atom stereocenters. The van der Waals surface area contributed by atoms with Crippen LogP contribution in [0, 0.1) is 23.1 Å². The molecule has 4 saturated carbocycles. The molecule has 42 heavy (non-hydrogen) atoms. The zero-order valence-electron chi connectivity index (χ0n) is 22.4. The summed E-state index contributed by atoms with van der Waals surface area (Å²) in [5.41, 5.74) is -1.20. The molecule has 3 aromatic carbocycles. The maximum atomic E-state index is 14.0. The Hall–Kier alpha value is -3.86. The fourth-order valence-electron chi connectivity index (χ4n) is 7.86. The van der Waals surface area contributed by atoms with E-state index in [4.69, 9.17) is 4.74 Å². The first-order chi connectivity index (χ1) is 19.8. The van der Waals surface area contributed by atoms with Gasteiger partial charge < -0.3 is 25.0 Å². The summed E-state index contributed by atoms with van der Waals surface area (Å²) in [6.45, 7) is -0.147. The van der Waals surface area contributed by atoms with E-state index in [0.29, 0.717) is 48.4 Å². The molecular weight excluding hydrogens is 558 g/mol. The first-order valence-corrected chi connectivity index (χ1v) is 13.8. The number of benzene rings is 3. The minimum Gasteiger partial charge on any atom is -0.487 e. The molecule has 0 aromatic heterocycles. The number of nitrogens with one attached hydrogen (secondary N) is 1. The maximum absolute atomic E-state index is 14.0. The van der Waals surface area contributed by atoms with Crippen molar-refractivity contribution >= 4 is 22.6 Å². The number of aliphatic hydroxyl groups is 1. The Morgan fingerprint density at radius 2 is 1.69 bits per heavy atom. The molecule has 0 radical (unpaired) electrons. The maximum Gasteiger partial charge on any atom is 0.573 e. The minimum absolute atomic E-state index is 0.0285. The average Bonchev–Trinajstić information content (AvgIpc) is 2.88. The van der Waals surface area contributed by atoms with Crippen molar-refractivity contribution in [2.24, 2.45) is 17.3 Å². The zero-order chi connectivity index (χ0) is 29.9. The number of carbonyl (C=O) groups is 2. The van der Waals surface area contributed by atoms with Gasteiger partial charge >= 0.3 is 12.3 Å². The van der Waals surface area contributed by atoms with Crippen molar-refractivity contribution in [3.63, 3.8) is 0 Å². The summed E-state index contributed by atoms with van der Waals surface area (Å²) < 4.78 is 61.4. The third kappa shape index (κ3) is 5.49. The van der Waals surface area contributed by atoms with E-state index in [9.17, 15) is 37.4 Å². The largest absolute Gasteiger partial charge is 0.573 e. The number of carboxylic acids is 1. The van der Waals surface area contributed by atoms with Gasteiger partial charge in [-0.3, -0.25) is 4.79 Å². The minimum atomic E-state index is -4.83. The van der Waals surface area contributed by atoms with Crippen LogP contribution in [0.2, 0.25) is 0 Å². The number of rotatable bonds is 8. The van der Waals surface area contributed by atoms with Gasteiger partial charge in [0, 0.05) is 10.8 Å². The monoisotopic (exact) mass is 587 g/mol. The van der Waals surface area contributed by atoms with E-state index in [1.165, 1.54) is 42.5 Å². The predicted octanol–water partition coefficient (Wildman–Crippen LogP) is 5.97. The van der Waals surface area contributed by atoms with E-state index < -0.39 is 46.9 Å². The van der Waals surface area contributed by atoms with E-state index in [1.54, 1.807) is 0 Å². The summed E-state index contributed by atoms with van der Waals surface area (Å²) in [6.07, 6.45) is -1.07. The van der Waals surface area contributed by atoms with Crippen LogP contribution < -0.4 is 14.8 Å². The van der Waals surface area contributed by atoms with Crippen LogP contribution in [-0.4, -0.2) is 40.1 Å².